The van der Waals surface area contributed by atoms with Gasteiger partial charge in [-0.05, 0) is 47.6 Å². The first kappa shape index (κ1) is 22.0. The second-order valence-electron chi connectivity index (χ2n) is 8.79. The molecular weight excluding hydrogens is 435 g/mol. The van der Waals surface area contributed by atoms with E-state index in [0.29, 0.717) is 34.3 Å². The van der Waals surface area contributed by atoms with Gasteiger partial charge in [-0.25, -0.2) is 9.37 Å². The summed E-state index contributed by atoms with van der Waals surface area (Å²) in [5, 5.41) is 17.4. The van der Waals surface area contributed by atoms with Crippen LogP contribution in [0.2, 0.25) is 0 Å². The molecule has 0 aliphatic heterocycles. The SMILES string of the molecule is Cc1ccncc1-c1cc2cc(NC(=O)[C@@H]3[C@H](C)[C@H]3c3cnn(CCO)c3)ncc2c(N)c1F. The van der Waals surface area contributed by atoms with Crippen LogP contribution in [0.25, 0.3) is 21.9 Å². The average Bonchev–Trinajstić information content (AvgIpc) is 3.27. The number of rotatable bonds is 6. The summed E-state index contributed by atoms with van der Waals surface area (Å²) in [7, 11) is 0. The summed E-state index contributed by atoms with van der Waals surface area (Å²) in [6.45, 7) is 4.34. The lowest BCUT2D eigenvalue weighted by Gasteiger charge is -2.12. The van der Waals surface area contributed by atoms with E-state index in [0.717, 1.165) is 11.1 Å². The van der Waals surface area contributed by atoms with Gasteiger partial charge < -0.3 is 16.2 Å². The molecule has 4 N–H and O–H groups in total. The van der Waals surface area contributed by atoms with Gasteiger partial charge in [0.1, 0.15) is 5.82 Å². The van der Waals surface area contributed by atoms with Crippen molar-refractivity contribution in [3.63, 3.8) is 0 Å². The maximum Gasteiger partial charge on any atom is 0.229 e. The Hall–Kier alpha value is -3.85. The molecule has 4 aromatic rings. The molecule has 174 valence electrons. The van der Waals surface area contributed by atoms with Gasteiger partial charge in [0.05, 0.1) is 25.0 Å². The summed E-state index contributed by atoms with van der Waals surface area (Å²) < 4.78 is 16.7. The lowest BCUT2D eigenvalue weighted by molar-refractivity contribution is -0.117. The van der Waals surface area contributed by atoms with E-state index in [9.17, 15) is 4.79 Å². The number of fused-ring (bicyclic) bond motifs is 1. The number of halogens is 1. The molecule has 0 bridgehead atoms. The summed E-state index contributed by atoms with van der Waals surface area (Å²) in [5.74, 6) is -0.228. The number of carbonyl (C=O) groups excluding carboxylic acids is 1. The summed E-state index contributed by atoms with van der Waals surface area (Å²) in [6, 6.07) is 5.23. The molecule has 0 spiro atoms. The Morgan fingerprint density at radius 2 is 2.09 bits per heavy atom. The topological polar surface area (TPSA) is 119 Å². The van der Waals surface area contributed by atoms with Crippen LogP contribution in [0.4, 0.5) is 15.9 Å². The number of nitrogens with two attached hydrogens (primary N) is 1. The van der Waals surface area contributed by atoms with Crippen molar-refractivity contribution in [3.05, 3.63) is 66.1 Å². The molecule has 1 aromatic carbocycles. The fourth-order valence-corrected chi connectivity index (χ4v) is 4.67. The Balaban J connectivity index is 1.40. The first-order chi connectivity index (χ1) is 16.4. The Bertz CT molecular complexity index is 1400. The molecule has 1 fully saturated rings. The van der Waals surface area contributed by atoms with Crippen molar-refractivity contribution >= 4 is 28.2 Å². The first-order valence-electron chi connectivity index (χ1n) is 11.1. The average molecular weight is 461 g/mol. The number of aromatic nitrogens is 4. The van der Waals surface area contributed by atoms with Gasteiger partial charge in [-0.1, -0.05) is 6.92 Å². The second kappa shape index (κ2) is 8.49. The van der Waals surface area contributed by atoms with Crippen molar-refractivity contribution in [3.8, 4) is 11.1 Å². The lowest BCUT2D eigenvalue weighted by atomic mass is 9.98. The van der Waals surface area contributed by atoms with E-state index >= 15 is 4.39 Å². The van der Waals surface area contributed by atoms with Crippen LogP contribution in [0.1, 0.15) is 24.0 Å². The van der Waals surface area contributed by atoms with Crippen molar-refractivity contribution in [2.75, 3.05) is 17.7 Å². The normalized spacial score (nSPS) is 19.4. The maximum absolute atomic E-state index is 15.0. The van der Waals surface area contributed by atoms with Crippen LogP contribution in [0, 0.1) is 24.6 Å². The van der Waals surface area contributed by atoms with Gasteiger partial charge >= 0.3 is 0 Å². The van der Waals surface area contributed by atoms with Crippen LogP contribution in [0.3, 0.4) is 0 Å². The summed E-state index contributed by atoms with van der Waals surface area (Å²) in [6.07, 6.45) is 8.37. The molecule has 1 aliphatic rings. The first-order valence-corrected chi connectivity index (χ1v) is 11.1. The van der Waals surface area contributed by atoms with Gasteiger partial charge in [-0.2, -0.15) is 5.10 Å². The van der Waals surface area contributed by atoms with Crippen molar-refractivity contribution in [1.29, 1.82) is 0 Å². The van der Waals surface area contributed by atoms with Crippen molar-refractivity contribution in [2.24, 2.45) is 11.8 Å². The quantitative estimate of drug-likeness (QED) is 0.379. The molecule has 1 aliphatic carbocycles. The number of aliphatic hydroxyl groups is 1. The van der Waals surface area contributed by atoms with E-state index in [1.165, 1.54) is 6.20 Å². The van der Waals surface area contributed by atoms with Crippen molar-refractivity contribution < 1.29 is 14.3 Å². The molecule has 3 heterocycles. The van der Waals surface area contributed by atoms with E-state index in [2.05, 4.69) is 20.4 Å². The molecule has 3 aromatic heterocycles. The predicted octanol–water partition coefficient (Wildman–Crippen LogP) is 3.50. The van der Waals surface area contributed by atoms with E-state index in [1.54, 1.807) is 35.4 Å². The van der Waals surface area contributed by atoms with Crippen LogP contribution in [-0.4, -0.2) is 37.4 Å². The number of aryl methyl sites for hydroxylation is 1. The largest absolute Gasteiger partial charge is 0.396 e. The zero-order valence-corrected chi connectivity index (χ0v) is 18.9. The highest BCUT2D eigenvalue weighted by Crippen LogP contribution is 2.54. The smallest absolute Gasteiger partial charge is 0.229 e. The monoisotopic (exact) mass is 460 g/mol. The molecule has 3 atom stereocenters. The zero-order chi connectivity index (χ0) is 24.0. The molecule has 5 rings (SSSR count). The fraction of sp³-hybridized carbons (Fsp3) is 0.280. The highest BCUT2D eigenvalue weighted by molar-refractivity contribution is 6.00. The number of pyridine rings is 2. The van der Waals surface area contributed by atoms with Gasteiger partial charge in [0.15, 0.2) is 5.82 Å². The molecule has 1 saturated carbocycles. The number of anilines is 2. The van der Waals surface area contributed by atoms with Crippen LogP contribution >= 0.6 is 0 Å². The van der Waals surface area contributed by atoms with Crippen LogP contribution in [0.15, 0.2) is 49.2 Å². The predicted molar refractivity (Wildman–Crippen MR) is 127 cm³/mol. The molecule has 1 amide bonds. The third-order valence-electron chi connectivity index (χ3n) is 6.63. The maximum atomic E-state index is 15.0. The van der Waals surface area contributed by atoms with E-state index in [1.807, 2.05) is 26.1 Å². The Labute approximate surface area is 195 Å². The zero-order valence-electron chi connectivity index (χ0n) is 18.9. The third kappa shape index (κ3) is 3.77. The molecule has 0 radical (unpaired) electrons. The third-order valence-corrected chi connectivity index (χ3v) is 6.63. The highest BCUT2D eigenvalue weighted by atomic mass is 19.1. The number of amides is 1. The molecule has 8 nitrogen and oxygen atoms in total. The van der Waals surface area contributed by atoms with Crippen LogP contribution < -0.4 is 11.1 Å². The number of nitrogen functional groups attached to an aromatic ring is 1. The summed E-state index contributed by atoms with van der Waals surface area (Å²) in [4.78, 5) is 21.4. The summed E-state index contributed by atoms with van der Waals surface area (Å²) in [5.41, 5.74) is 8.98. The number of nitrogens with zero attached hydrogens (tertiary/aromatic N) is 4. The van der Waals surface area contributed by atoms with Crippen LogP contribution in [0.5, 0.6) is 0 Å². The van der Waals surface area contributed by atoms with Gasteiger partial charge in [-0.3, -0.25) is 14.5 Å². The highest BCUT2D eigenvalue weighted by Gasteiger charge is 2.53. The van der Waals surface area contributed by atoms with Crippen LogP contribution in [-0.2, 0) is 11.3 Å². The van der Waals surface area contributed by atoms with Crippen molar-refractivity contribution in [1.82, 2.24) is 19.7 Å². The number of carbonyl (C=O) groups is 1. The Morgan fingerprint density at radius 1 is 1.26 bits per heavy atom. The fourth-order valence-electron chi connectivity index (χ4n) is 4.67. The molecule has 0 unspecified atom stereocenters. The Morgan fingerprint density at radius 3 is 2.85 bits per heavy atom. The van der Waals surface area contributed by atoms with E-state index in [-0.39, 0.29) is 36.0 Å². The molecule has 9 heteroatoms. The van der Waals surface area contributed by atoms with Crippen molar-refractivity contribution in [2.45, 2.75) is 26.3 Å². The molecule has 0 saturated heterocycles. The number of benzene rings is 1. The standard InChI is InChI=1S/C25H25FN6O2/c1-13-3-4-28-10-18(13)17-7-15-8-20(29-11-19(15)24(27)23(17)26)31-25(34)22-14(2)21(22)16-9-30-32(12-16)5-6-33/h3-4,7-12,14,21-22,33H,5-6,27H2,1-2H3,(H,29,31,34)/t14-,21+,22-/m1/s1. The van der Waals surface area contributed by atoms with Gasteiger partial charge in [0, 0.05) is 53.1 Å². The molecule has 34 heavy (non-hydrogen) atoms. The number of nitrogens with one attached hydrogen (secondary N) is 1. The van der Waals surface area contributed by atoms with E-state index < -0.39 is 5.82 Å². The molecular formula is C25H25FN6O2. The Kier molecular flexibility index (Phi) is 5.49. The van der Waals surface area contributed by atoms with Gasteiger partial charge in [0.2, 0.25) is 5.91 Å². The number of aliphatic hydroxyl groups excluding tert-OH is 1. The lowest BCUT2D eigenvalue weighted by Crippen LogP contribution is -2.16. The summed E-state index contributed by atoms with van der Waals surface area (Å²) >= 11 is 0. The number of hydrogen-bond donors (Lipinski definition) is 3. The second-order valence-corrected chi connectivity index (χ2v) is 8.79. The van der Waals surface area contributed by atoms with E-state index in [4.69, 9.17) is 10.8 Å². The van der Waals surface area contributed by atoms with Gasteiger partial charge in [0.25, 0.3) is 0 Å². The minimum Gasteiger partial charge on any atom is -0.396 e. The van der Waals surface area contributed by atoms with Gasteiger partial charge in [-0.15, -0.1) is 0 Å². The number of hydrogen-bond acceptors (Lipinski definition) is 6. The minimum atomic E-state index is -0.515. The minimum absolute atomic E-state index is 0.00929.